The molecule has 2 rings (SSSR count). The van der Waals surface area contributed by atoms with Gasteiger partial charge >= 0.3 is 5.97 Å². The lowest BCUT2D eigenvalue weighted by Crippen LogP contribution is -2.25. The number of hydrogen-bond acceptors (Lipinski definition) is 4. The van der Waals surface area contributed by atoms with E-state index >= 15 is 0 Å². The fourth-order valence-corrected chi connectivity index (χ4v) is 1.82. The van der Waals surface area contributed by atoms with Crippen LogP contribution in [0.5, 0.6) is 5.75 Å². The number of aromatic carboxylic acids is 1. The maximum atomic E-state index is 10.9. The lowest BCUT2D eigenvalue weighted by atomic mass is 10.3. The second-order valence-electron chi connectivity index (χ2n) is 2.45. The molecule has 1 amide bonds. The van der Waals surface area contributed by atoms with E-state index in [1.807, 2.05) is 0 Å². The van der Waals surface area contributed by atoms with Gasteiger partial charge in [-0.25, -0.2) is 4.79 Å². The lowest BCUT2D eigenvalue weighted by molar-refractivity contribution is -0.118. The van der Waals surface area contributed by atoms with Gasteiger partial charge in [0, 0.05) is 5.38 Å². The van der Waals surface area contributed by atoms with Crippen LogP contribution in [0.4, 0.5) is 5.69 Å². The van der Waals surface area contributed by atoms with Crippen LogP contribution in [0.15, 0.2) is 5.38 Å². The molecule has 0 bridgehead atoms. The van der Waals surface area contributed by atoms with Crippen LogP contribution in [-0.4, -0.2) is 23.6 Å². The molecule has 1 aromatic heterocycles. The van der Waals surface area contributed by atoms with Crippen molar-refractivity contribution in [2.24, 2.45) is 0 Å². The topological polar surface area (TPSA) is 75.6 Å². The molecule has 1 aliphatic heterocycles. The second kappa shape index (κ2) is 2.74. The van der Waals surface area contributed by atoms with Crippen LogP contribution >= 0.6 is 11.3 Å². The molecule has 0 unspecified atom stereocenters. The van der Waals surface area contributed by atoms with E-state index in [1.54, 1.807) is 5.38 Å². The first-order chi connectivity index (χ1) is 6.18. The average Bonchev–Trinajstić information content (AvgIpc) is 2.46. The van der Waals surface area contributed by atoms with Crippen LogP contribution in [0.2, 0.25) is 0 Å². The van der Waals surface area contributed by atoms with Gasteiger partial charge in [0.05, 0.1) is 0 Å². The van der Waals surface area contributed by atoms with Gasteiger partial charge < -0.3 is 15.2 Å². The Morgan fingerprint density at radius 2 is 2.46 bits per heavy atom. The molecular weight excluding hydrogens is 194 g/mol. The number of carbonyl (C=O) groups excluding carboxylic acids is 1. The highest BCUT2D eigenvalue weighted by Crippen LogP contribution is 2.36. The lowest BCUT2D eigenvalue weighted by Gasteiger charge is -2.14. The van der Waals surface area contributed by atoms with Crippen molar-refractivity contribution in [3.63, 3.8) is 0 Å². The Kier molecular flexibility index (Phi) is 1.70. The molecule has 6 heteroatoms. The van der Waals surface area contributed by atoms with E-state index in [0.717, 1.165) is 11.3 Å². The maximum Gasteiger partial charge on any atom is 0.348 e. The van der Waals surface area contributed by atoms with Crippen LogP contribution in [0, 0.1) is 0 Å². The third kappa shape index (κ3) is 1.25. The Bertz CT molecular complexity index is 384. The zero-order valence-electron chi connectivity index (χ0n) is 6.36. The van der Waals surface area contributed by atoms with Crippen molar-refractivity contribution in [2.75, 3.05) is 11.9 Å². The number of carbonyl (C=O) groups is 2. The summed E-state index contributed by atoms with van der Waals surface area (Å²) in [5.41, 5.74) is 0.272. The fraction of sp³-hybridized carbons (Fsp3) is 0.143. The summed E-state index contributed by atoms with van der Waals surface area (Å²) in [5.74, 6) is -0.951. The number of carboxylic acids is 1. The highest BCUT2D eigenvalue weighted by Gasteiger charge is 2.24. The number of amides is 1. The van der Waals surface area contributed by atoms with Gasteiger partial charge in [0.15, 0.2) is 12.4 Å². The minimum Gasteiger partial charge on any atom is -0.481 e. The van der Waals surface area contributed by atoms with Crippen molar-refractivity contribution < 1.29 is 19.4 Å². The molecule has 2 N–H and O–H groups in total. The summed E-state index contributed by atoms with van der Waals surface area (Å²) in [6, 6.07) is 0. The van der Waals surface area contributed by atoms with Gasteiger partial charge in [-0.05, 0) is 0 Å². The molecule has 0 fully saturated rings. The molecule has 0 saturated heterocycles. The standard InChI is InChI=1S/C7H5NO4S/c9-4-1-12-3-2-13-6(7(10)11)5(3)8-4/h2H,1H2,(H,8,9)(H,10,11). The fourth-order valence-electron chi connectivity index (χ4n) is 1.04. The summed E-state index contributed by atoms with van der Waals surface area (Å²) in [6.07, 6.45) is 0. The van der Waals surface area contributed by atoms with Crippen LogP contribution in [-0.2, 0) is 4.79 Å². The zero-order valence-corrected chi connectivity index (χ0v) is 7.18. The first kappa shape index (κ1) is 8.06. The van der Waals surface area contributed by atoms with Crippen molar-refractivity contribution >= 4 is 28.9 Å². The van der Waals surface area contributed by atoms with Gasteiger partial charge in [0.2, 0.25) is 0 Å². The predicted molar refractivity (Wildman–Crippen MR) is 45.4 cm³/mol. The molecular formula is C7H5NO4S. The summed E-state index contributed by atoms with van der Waals surface area (Å²) in [7, 11) is 0. The molecule has 0 radical (unpaired) electrons. The Morgan fingerprint density at radius 3 is 3.15 bits per heavy atom. The third-order valence-electron chi connectivity index (χ3n) is 1.57. The molecule has 68 valence electrons. The smallest absolute Gasteiger partial charge is 0.348 e. The van der Waals surface area contributed by atoms with Crippen LogP contribution in [0.3, 0.4) is 0 Å². The van der Waals surface area contributed by atoms with Gasteiger partial charge in [-0.2, -0.15) is 0 Å². The van der Waals surface area contributed by atoms with Crippen molar-refractivity contribution in [3.8, 4) is 5.75 Å². The maximum absolute atomic E-state index is 10.9. The number of ether oxygens (including phenoxy) is 1. The number of hydrogen-bond donors (Lipinski definition) is 2. The molecule has 0 aliphatic carbocycles. The van der Waals surface area contributed by atoms with Gasteiger partial charge in [0.1, 0.15) is 10.6 Å². The Labute approximate surface area is 76.9 Å². The molecule has 5 nitrogen and oxygen atoms in total. The summed E-state index contributed by atoms with van der Waals surface area (Å²) >= 11 is 1.04. The predicted octanol–water partition coefficient (Wildman–Crippen LogP) is 0.777. The molecule has 2 heterocycles. The highest BCUT2D eigenvalue weighted by molar-refractivity contribution is 7.13. The monoisotopic (exact) mass is 199 g/mol. The van der Waals surface area contributed by atoms with E-state index in [4.69, 9.17) is 9.84 Å². The van der Waals surface area contributed by atoms with E-state index in [0.29, 0.717) is 5.75 Å². The van der Waals surface area contributed by atoms with E-state index in [-0.39, 0.29) is 23.1 Å². The van der Waals surface area contributed by atoms with Gasteiger partial charge in [-0.15, -0.1) is 11.3 Å². The third-order valence-corrected chi connectivity index (χ3v) is 2.52. The van der Waals surface area contributed by atoms with E-state index < -0.39 is 5.97 Å². The number of thiophene rings is 1. The molecule has 1 aromatic rings. The average molecular weight is 199 g/mol. The van der Waals surface area contributed by atoms with Crippen molar-refractivity contribution in [2.45, 2.75) is 0 Å². The van der Waals surface area contributed by atoms with Gasteiger partial charge in [-0.3, -0.25) is 4.79 Å². The minimum absolute atomic E-state index is 0.0528. The number of nitrogens with one attached hydrogen (secondary N) is 1. The summed E-state index contributed by atoms with van der Waals surface area (Å²) in [5, 5.41) is 12.7. The van der Waals surface area contributed by atoms with Crippen molar-refractivity contribution in [3.05, 3.63) is 10.3 Å². The normalized spacial score (nSPS) is 14.3. The Balaban J connectivity index is 2.46. The van der Waals surface area contributed by atoms with Crippen LogP contribution in [0.25, 0.3) is 0 Å². The summed E-state index contributed by atoms with van der Waals surface area (Å²) in [6.45, 7) is -0.0528. The molecule has 0 saturated carbocycles. The van der Waals surface area contributed by atoms with Gasteiger partial charge in [0.25, 0.3) is 5.91 Å². The van der Waals surface area contributed by atoms with Crippen LogP contribution < -0.4 is 10.1 Å². The van der Waals surface area contributed by atoms with E-state index in [9.17, 15) is 9.59 Å². The first-order valence-electron chi connectivity index (χ1n) is 3.46. The number of anilines is 1. The highest BCUT2D eigenvalue weighted by atomic mass is 32.1. The van der Waals surface area contributed by atoms with Crippen molar-refractivity contribution in [1.82, 2.24) is 0 Å². The Morgan fingerprint density at radius 1 is 1.69 bits per heavy atom. The van der Waals surface area contributed by atoms with Crippen molar-refractivity contribution in [1.29, 1.82) is 0 Å². The second-order valence-corrected chi connectivity index (χ2v) is 3.33. The van der Waals surface area contributed by atoms with Crippen LogP contribution in [0.1, 0.15) is 9.67 Å². The minimum atomic E-state index is -1.06. The number of carboxylic acid groups (broad SMARTS) is 1. The molecule has 13 heavy (non-hydrogen) atoms. The molecule has 0 spiro atoms. The van der Waals surface area contributed by atoms with Gasteiger partial charge in [-0.1, -0.05) is 0 Å². The number of fused-ring (bicyclic) bond motifs is 1. The van der Waals surface area contributed by atoms with E-state index in [2.05, 4.69) is 5.32 Å². The first-order valence-corrected chi connectivity index (χ1v) is 4.34. The van der Waals surface area contributed by atoms with E-state index in [1.165, 1.54) is 0 Å². The molecule has 1 aliphatic rings. The Hall–Kier alpha value is -1.56. The molecule has 0 aromatic carbocycles. The number of rotatable bonds is 1. The SMILES string of the molecule is O=C1COc2csc(C(=O)O)c2N1. The quantitative estimate of drug-likeness (QED) is 0.700. The summed E-state index contributed by atoms with van der Waals surface area (Å²) in [4.78, 5) is 21.6. The largest absolute Gasteiger partial charge is 0.481 e. The molecule has 0 atom stereocenters. The summed E-state index contributed by atoms with van der Waals surface area (Å²) < 4.78 is 5.00. The zero-order chi connectivity index (χ0) is 9.42.